The normalized spacial score (nSPS) is 10.8. The standard InChI is InChI=1S/C14H19N3S/c1-4-17-12(8-11(3)16-17)9-18-14-7-10(2)5-6-13(14)15/h5-8H,4,9,15H2,1-3H3. The third-order valence-electron chi connectivity index (χ3n) is 2.83. The van der Waals surface area contributed by atoms with Crippen LogP contribution in [0, 0.1) is 13.8 Å². The summed E-state index contributed by atoms with van der Waals surface area (Å²) in [6.07, 6.45) is 0. The summed E-state index contributed by atoms with van der Waals surface area (Å²) in [5, 5.41) is 4.45. The first-order valence-corrected chi connectivity index (χ1v) is 7.11. The maximum atomic E-state index is 5.99. The van der Waals surface area contributed by atoms with Crippen LogP contribution in [-0.2, 0) is 12.3 Å². The Balaban J connectivity index is 2.13. The molecule has 0 amide bonds. The van der Waals surface area contributed by atoms with E-state index in [0.717, 1.165) is 28.6 Å². The van der Waals surface area contributed by atoms with Crippen LogP contribution in [0.2, 0.25) is 0 Å². The van der Waals surface area contributed by atoms with Gasteiger partial charge in [-0.05, 0) is 44.5 Å². The molecule has 96 valence electrons. The molecule has 0 unspecified atom stereocenters. The van der Waals surface area contributed by atoms with E-state index in [2.05, 4.69) is 31.1 Å². The van der Waals surface area contributed by atoms with Crippen LogP contribution in [0.3, 0.4) is 0 Å². The topological polar surface area (TPSA) is 43.8 Å². The molecule has 0 saturated heterocycles. The van der Waals surface area contributed by atoms with Crippen molar-refractivity contribution < 1.29 is 0 Å². The molecule has 18 heavy (non-hydrogen) atoms. The number of aryl methyl sites for hydroxylation is 3. The second-order valence-corrected chi connectivity index (χ2v) is 5.44. The first-order valence-electron chi connectivity index (χ1n) is 6.12. The molecule has 0 radical (unpaired) electrons. The lowest BCUT2D eigenvalue weighted by Crippen LogP contribution is -2.01. The van der Waals surface area contributed by atoms with E-state index in [1.807, 2.05) is 23.7 Å². The monoisotopic (exact) mass is 261 g/mol. The highest BCUT2D eigenvalue weighted by atomic mass is 32.2. The Labute approximate surface area is 112 Å². The zero-order valence-corrected chi connectivity index (χ0v) is 11.9. The molecule has 0 aliphatic rings. The summed E-state index contributed by atoms with van der Waals surface area (Å²) in [4.78, 5) is 1.15. The van der Waals surface area contributed by atoms with Gasteiger partial charge in [0.25, 0.3) is 0 Å². The average Bonchev–Trinajstić information content (AvgIpc) is 2.71. The number of nitrogen functional groups attached to an aromatic ring is 1. The molecule has 0 atom stereocenters. The fourth-order valence-corrected chi connectivity index (χ4v) is 2.95. The molecular weight excluding hydrogens is 242 g/mol. The highest BCUT2D eigenvalue weighted by Gasteiger charge is 2.06. The second-order valence-electron chi connectivity index (χ2n) is 4.42. The van der Waals surface area contributed by atoms with Crippen LogP contribution in [-0.4, -0.2) is 9.78 Å². The Hall–Kier alpha value is -1.42. The lowest BCUT2D eigenvalue weighted by Gasteiger charge is -2.07. The lowest BCUT2D eigenvalue weighted by molar-refractivity contribution is 0.632. The highest BCUT2D eigenvalue weighted by molar-refractivity contribution is 7.98. The van der Waals surface area contributed by atoms with Gasteiger partial charge in [0.05, 0.1) is 5.69 Å². The average molecular weight is 261 g/mol. The number of aromatic nitrogens is 2. The van der Waals surface area contributed by atoms with Gasteiger partial charge in [0.2, 0.25) is 0 Å². The number of hydrogen-bond acceptors (Lipinski definition) is 3. The molecule has 0 aliphatic carbocycles. The Bertz CT molecular complexity index is 546. The fraction of sp³-hybridized carbons (Fsp3) is 0.357. The summed E-state index contributed by atoms with van der Waals surface area (Å²) in [6.45, 7) is 7.14. The number of rotatable bonds is 4. The first kappa shape index (κ1) is 13.0. The van der Waals surface area contributed by atoms with Gasteiger partial charge in [-0.25, -0.2) is 0 Å². The van der Waals surface area contributed by atoms with Crippen molar-refractivity contribution in [3.8, 4) is 0 Å². The summed E-state index contributed by atoms with van der Waals surface area (Å²) >= 11 is 1.77. The van der Waals surface area contributed by atoms with E-state index in [-0.39, 0.29) is 0 Å². The van der Waals surface area contributed by atoms with Gasteiger partial charge in [0, 0.05) is 28.6 Å². The van der Waals surface area contributed by atoms with E-state index in [0.29, 0.717) is 0 Å². The summed E-state index contributed by atoms with van der Waals surface area (Å²) in [5.74, 6) is 0.905. The Morgan fingerprint density at radius 2 is 2.06 bits per heavy atom. The van der Waals surface area contributed by atoms with Crippen LogP contribution in [0.5, 0.6) is 0 Å². The van der Waals surface area contributed by atoms with Gasteiger partial charge in [0.1, 0.15) is 0 Å². The summed E-state index contributed by atoms with van der Waals surface area (Å²) in [5.41, 5.74) is 10.4. The number of anilines is 1. The lowest BCUT2D eigenvalue weighted by atomic mass is 10.2. The van der Waals surface area contributed by atoms with Gasteiger partial charge in [-0.2, -0.15) is 5.10 Å². The predicted octanol–water partition coefficient (Wildman–Crippen LogP) is 3.39. The van der Waals surface area contributed by atoms with Crippen LogP contribution < -0.4 is 5.73 Å². The second kappa shape index (κ2) is 5.48. The molecule has 4 heteroatoms. The van der Waals surface area contributed by atoms with Crippen molar-refractivity contribution in [1.29, 1.82) is 0 Å². The van der Waals surface area contributed by atoms with Crippen molar-refractivity contribution >= 4 is 17.4 Å². The highest BCUT2D eigenvalue weighted by Crippen LogP contribution is 2.29. The summed E-state index contributed by atoms with van der Waals surface area (Å²) in [6, 6.07) is 8.29. The molecule has 1 aromatic carbocycles. The minimum absolute atomic E-state index is 0.852. The molecule has 0 aliphatic heterocycles. The third kappa shape index (κ3) is 2.88. The van der Waals surface area contributed by atoms with E-state index in [4.69, 9.17) is 5.73 Å². The van der Waals surface area contributed by atoms with Crippen LogP contribution in [0.15, 0.2) is 29.2 Å². The zero-order valence-electron chi connectivity index (χ0n) is 11.1. The van der Waals surface area contributed by atoms with Gasteiger partial charge in [-0.15, -0.1) is 11.8 Å². The fourth-order valence-electron chi connectivity index (χ4n) is 1.91. The number of nitrogens with zero attached hydrogens (tertiary/aromatic N) is 2. The molecule has 3 nitrogen and oxygen atoms in total. The van der Waals surface area contributed by atoms with Crippen molar-refractivity contribution in [2.24, 2.45) is 0 Å². The molecule has 1 heterocycles. The van der Waals surface area contributed by atoms with Crippen molar-refractivity contribution in [3.05, 3.63) is 41.2 Å². The molecule has 0 fully saturated rings. The first-order chi connectivity index (χ1) is 8.60. The molecule has 1 aromatic heterocycles. The minimum atomic E-state index is 0.852. The summed E-state index contributed by atoms with van der Waals surface area (Å²) < 4.78 is 2.05. The van der Waals surface area contributed by atoms with E-state index < -0.39 is 0 Å². The van der Waals surface area contributed by atoms with Crippen molar-refractivity contribution in [1.82, 2.24) is 9.78 Å². The molecular formula is C14H19N3S. The van der Waals surface area contributed by atoms with Crippen molar-refractivity contribution in [2.75, 3.05) is 5.73 Å². The Morgan fingerprint density at radius 1 is 1.28 bits per heavy atom. The minimum Gasteiger partial charge on any atom is -0.398 e. The summed E-state index contributed by atoms with van der Waals surface area (Å²) in [7, 11) is 0. The molecule has 2 N–H and O–H groups in total. The molecule has 0 bridgehead atoms. The molecule has 2 rings (SSSR count). The largest absolute Gasteiger partial charge is 0.398 e. The third-order valence-corrected chi connectivity index (χ3v) is 3.93. The Kier molecular flexibility index (Phi) is 3.97. The quantitative estimate of drug-likeness (QED) is 0.677. The van der Waals surface area contributed by atoms with Gasteiger partial charge in [0.15, 0.2) is 0 Å². The number of thioether (sulfide) groups is 1. The van der Waals surface area contributed by atoms with E-state index in [1.54, 1.807) is 11.8 Å². The van der Waals surface area contributed by atoms with Crippen molar-refractivity contribution in [2.45, 2.75) is 38.0 Å². The Morgan fingerprint density at radius 3 is 2.78 bits per heavy atom. The molecule has 0 spiro atoms. The number of hydrogen-bond donors (Lipinski definition) is 1. The van der Waals surface area contributed by atoms with Gasteiger partial charge < -0.3 is 5.73 Å². The van der Waals surface area contributed by atoms with Gasteiger partial charge in [-0.1, -0.05) is 6.07 Å². The van der Waals surface area contributed by atoms with E-state index in [9.17, 15) is 0 Å². The van der Waals surface area contributed by atoms with Crippen LogP contribution in [0.4, 0.5) is 5.69 Å². The number of benzene rings is 1. The molecule has 2 aromatic rings. The van der Waals surface area contributed by atoms with E-state index >= 15 is 0 Å². The van der Waals surface area contributed by atoms with Gasteiger partial charge >= 0.3 is 0 Å². The number of nitrogens with two attached hydrogens (primary N) is 1. The van der Waals surface area contributed by atoms with Crippen LogP contribution >= 0.6 is 11.8 Å². The van der Waals surface area contributed by atoms with Crippen LogP contribution in [0.25, 0.3) is 0 Å². The molecule has 0 saturated carbocycles. The zero-order chi connectivity index (χ0) is 13.1. The van der Waals surface area contributed by atoms with Gasteiger partial charge in [-0.3, -0.25) is 4.68 Å². The van der Waals surface area contributed by atoms with Crippen LogP contribution in [0.1, 0.15) is 23.9 Å². The maximum absolute atomic E-state index is 5.99. The SMILES string of the molecule is CCn1nc(C)cc1CSc1cc(C)ccc1N. The smallest absolute Gasteiger partial charge is 0.0596 e. The maximum Gasteiger partial charge on any atom is 0.0596 e. The van der Waals surface area contributed by atoms with E-state index in [1.165, 1.54) is 11.3 Å². The predicted molar refractivity (Wildman–Crippen MR) is 77.8 cm³/mol. The van der Waals surface area contributed by atoms with Crippen molar-refractivity contribution in [3.63, 3.8) is 0 Å².